The van der Waals surface area contributed by atoms with Gasteiger partial charge in [-0.05, 0) is 50.1 Å². The summed E-state index contributed by atoms with van der Waals surface area (Å²) < 4.78 is 14.0. The van der Waals surface area contributed by atoms with Crippen molar-refractivity contribution in [2.75, 3.05) is 5.75 Å². The number of nitrogens with one attached hydrogen (secondary N) is 1. The van der Waals surface area contributed by atoms with Crippen LogP contribution in [-0.4, -0.2) is 34.6 Å². The molecule has 9 heteroatoms. The molecule has 0 saturated carbocycles. The van der Waals surface area contributed by atoms with Crippen molar-refractivity contribution < 1.29 is 14.0 Å². The van der Waals surface area contributed by atoms with E-state index in [2.05, 4.69) is 5.32 Å². The van der Waals surface area contributed by atoms with E-state index in [1.807, 2.05) is 20.8 Å². The van der Waals surface area contributed by atoms with Gasteiger partial charge in [-0.15, -0.1) is 11.8 Å². The minimum Gasteiger partial charge on any atom is -0.352 e. The Balaban J connectivity index is 2.20. The van der Waals surface area contributed by atoms with Gasteiger partial charge in [-0.1, -0.05) is 53.9 Å². The molecule has 174 valence electrons. The third-order valence-electron chi connectivity index (χ3n) is 4.69. The van der Waals surface area contributed by atoms with Crippen molar-refractivity contribution in [3.63, 3.8) is 0 Å². The Bertz CT molecular complexity index is 939. The van der Waals surface area contributed by atoms with E-state index >= 15 is 0 Å². The van der Waals surface area contributed by atoms with E-state index in [-0.39, 0.29) is 35.9 Å². The molecule has 1 unspecified atom stereocenters. The summed E-state index contributed by atoms with van der Waals surface area (Å²) in [6.45, 7) is 5.78. The summed E-state index contributed by atoms with van der Waals surface area (Å²) in [4.78, 5) is 27.5. The SMILES string of the molecule is CCC(C(=O)NC(C)C)N(Cc1ccc(Cl)c(Cl)c1)C(=O)CSCc1c(F)cccc1Cl. The van der Waals surface area contributed by atoms with Gasteiger partial charge in [0.25, 0.3) is 0 Å². The number of carbonyl (C=O) groups excluding carboxylic acids is 2. The molecule has 0 fully saturated rings. The van der Waals surface area contributed by atoms with Crippen molar-refractivity contribution in [1.82, 2.24) is 10.2 Å². The summed E-state index contributed by atoms with van der Waals surface area (Å²) in [6.07, 6.45) is 0.440. The van der Waals surface area contributed by atoms with Gasteiger partial charge in [0, 0.05) is 28.9 Å². The third kappa shape index (κ3) is 7.55. The lowest BCUT2D eigenvalue weighted by atomic mass is 10.1. The van der Waals surface area contributed by atoms with Crippen LogP contribution < -0.4 is 5.32 Å². The van der Waals surface area contributed by atoms with Crippen molar-refractivity contribution in [1.29, 1.82) is 0 Å². The number of rotatable bonds is 10. The molecule has 2 aromatic rings. The van der Waals surface area contributed by atoms with Gasteiger partial charge in [-0.25, -0.2) is 4.39 Å². The monoisotopic (exact) mass is 518 g/mol. The number of amides is 2. The minimum atomic E-state index is -0.656. The van der Waals surface area contributed by atoms with Gasteiger partial charge in [-0.2, -0.15) is 0 Å². The van der Waals surface area contributed by atoms with Crippen LogP contribution in [0, 0.1) is 5.82 Å². The molecule has 4 nitrogen and oxygen atoms in total. The van der Waals surface area contributed by atoms with Crippen LogP contribution in [0.25, 0.3) is 0 Å². The van der Waals surface area contributed by atoms with Crippen LogP contribution in [-0.2, 0) is 21.9 Å². The number of hydrogen-bond donors (Lipinski definition) is 1. The predicted molar refractivity (Wildman–Crippen MR) is 132 cm³/mol. The van der Waals surface area contributed by atoms with Crippen molar-refractivity contribution in [2.24, 2.45) is 0 Å². The maximum absolute atomic E-state index is 14.0. The first-order valence-electron chi connectivity index (χ1n) is 10.2. The zero-order chi connectivity index (χ0) is 23.8. The zero-order valence-electron chi connectivity index (χ0n) is 18.1. The van der Waals surface area contributed by atoms with Gasteiger partial charge in [0.15, 0.2) is 0 Å². The van der Waals surface area contributed by atoms with Crippen molar-refractivity contribution in [3.8, 4) is 0 Å². The summed E-state index contributed by atoms with van der Waals surface area (Å²) in [5, 5.41) is 3.99. The Morgan fingerprint density at radius 1 is 1.09 bits per heavy atom. The normalized spacial score (nSPS) is 12.0. The maximum Gasteiger partial charge on any atom is 0.243 e. The average Bonchev–Trinajstić information content (AvgIpc) is 2.72. The highest BCUT2D eigenvalue weighted by Gasteiger charge is 2.29. The fourth-order valence-corrected chi connectivity index (χ4v) is 4.70. The lowest BCUT2D eigenvalue weighted by Gasteiger charge is -2.31. The average molecular weight is 520 g/mol. The molecule has 32 heavy (non-hydrogen) atoms. The molecule has 0 heterocycles. The van der Waals surface area contributed by atoms with Crippen LogP contribution in [0.3, 0.4) is 0 Å². The Labute approximate surface area is 207 Å². The first kappa shape index (κ1) is 26.8. The topological polar surface area (TPSA) is 49.4 Å². The molecule has 0 bridgehead atoms. The molecular weight excluding hydrogens is 494 g/mol. The summed E-state index contributed by atoms with van der Waals surface area (Å²) >= 11 is 19.5. The highest BCUT2D eigenvalue weighted by molar-refractivity contribution is 7.99. The molecule has 0 saturated heterocycles. The van der Waals surface area contributed by atoms with E-state index in [4.69, 9.17) is 34.8 Å². The minimum absolute atomic E-state index is 0.0592. The van der Waals surface area contributed by atoms with E-state index in [1.165, 1.54) is 28.8 Å². The van der Waals surface area contributed by atoms with E-state index in [1.54, 1.807) is 24.3 Å². The summed E-state index contributed by atoms with van der Waals surface area (Å²) in [5.41, 5.74) is 1.11. The van der Waals surface area contributed by atoms with Gasteiger partial charge < -0.3 is 10.2 Å². The van der Waals surface area contributed by atoms with Crippen molar-refractivity contribution in [3.05, 3.63) is 68.4 Å². The van der Waals surface area contributed by atoms with E-state index in [9.17, 15) is 14.0 Å². The Hall–Kier alpha value is -1.47. The molecule has 1 N–H and O–H groups in total. The van der Waals surface area contributed by atoms with Gasteiger partial charge in [0.1, 0.15) is 11.9 Å². The van der Waals surface area contributed by atoms with Crippen LogP contribution in [0.2, 0.25) is 15.1 Å². The Morgan fingerprint density at radius 2 is 1.81 bits per heavy atom. The molecule has 2 amide bonds. The van der Waals surface area contributed by atoms with Crippen molar-refractivity contribution in [2.45, 2.75) is 51.6 Å². The largest absolute Gasteiger partial charge is 0.352 e. The van der Waals surface area contributed by atoms with E-state index < -0.39 is 11.9 Å². The zero-order valence-corrected chi connectivity index (χ0v) is 21.2. The molecule has 2 rings (SSSR count). The lowest BCUT2D eigenvalue weighted by molar-refractivity contribution is -0.139. The number of hydrogen-bond acceptors (Lipinski definition) is 3. The van der Waals surface area contributed by atoms with Crippen LogP contribution in [0.5, 0.6) is 0 Å². The fraction of sp³-hybridized carbons (Fsp3) is 0.391. The molecule has 0 spiro atoms. The first-order chi connectivity index (χ1) is 15.1. The second kappa shape index (κ2) is 12.7. The Morgan fingerprint density at radius 3 is 2.41 bits per heavy atom. The second-order valence-corrected chi connectivity index (χ2v) is 9.76. The van der Waals surface area contributed by atoms with Crippen LogP contribution in [0.1, 0.15) is 38.3 Å². The second-order valence-electron chi connectivity index (χ2n) is 7.55. The first-order valence-corrected chi connectivity index (χ1v) is 12.5. The number of nitrogens with zero attached hydrogens (tertiary/aromatic N) is 1. The molecule has 2 aromatic carbocycles. The highest BCUT2D eigenvalue weighted by atomic mass is 35.5. The molecule has 0 aliphatic heterocycles. The number of thioether (sulfide) groups is 1. The van der Waals surface area contributed by atoms with E-state index in [0.29, 0.717) is 27.1 Å². The van der Waals surface area contributed by atoms with Gasteiger partial charge in [0.05, 0.1) is 15.8 Å². The molecular formula is C23H26Cl3FN2O2S. The van der Waals surface area contributed by atoms with Crippen LogP contribution in [0.4, 0.5) is 4.39 Å². The summed E-state index contributed by atoms with van der Waals surface area (Å²) in [7, 11) is 0. The fourth-order valence-electron chi connectivity index (χ4n) is 3.13. The number of carbonyl (C=O) groups is 2. The quantitative estimate of drug-likeness (QED) is 0.398. The van der Waals surface area contributed by atoms with E-state index in [0.717, 1.165) is 5.56 Å². The smallest absolute Gasteiger partial charge is 0.243 e. The molecule has 0 aliphatic carbocycles. The summed E-state index contributed by atoms with van der Waals surface area (Å²) in [6, 6.07) is 8.89. The molecule has 0 radical (unpaired) electrons. The van der Waals surface area contributed by atoms with Crippen molar-refractivity contribution >= 4 is 58.4 Å². The van der Waals surface area contributed by atoms with Gasteiger partial charge in [-0.3, -0.25) is 9.59 Å². The van der Waals surface area contributed by atoms with Gasteiger partial charge in [0.2, 0.25) is 11.8 Å². The molecule has 1 atom stereocenters. The standard InChI is InChI=1S/C23H26Cl3FN2O2S/c1-4-21(23(31)28-14(2)3)29(11-15-8-9-18(25)19(26)10-15)22(30)13-32-12-16-17(24)6-5-7-20(16)27/h5-10,14,21H,4,11-13H2,1-3H3,(H,28,31). The predicted octanol–water partition coefficient (Wildman–Crippen LogP) is 6.35. The van der Waals surface area contributed by atoms with Gasteiger partial charge >= 0.3 is 0 Å². The Kier molecular flexibility index (Phi) is 10.6. The molecule has 0 aromatic heterocycles. The van der Waals surface area contributed by atoms with Crippen LogP contribution >= 0.6 is 46.6 Å². The third-order valence-corrected chi connectivity index (χ3v) is 6.72. The maximum atomic E-state index is 14.0. The number of halogens is 4. The van der Waals surface area contributed by atoms with Crippen LogP contribution in [0.15, 0.2) is 36.4 Å². The number of benzene rings is 2. The summed E-state index contributed by atoms with van der Waals surface area (Å²) in [5.74, 6) is -0.560. The highest BCUT2D eigenvalue weighted by Crippen LogP contribution is 2.26. The molecule has 0 aliphatic rings. The lowest BCUT2D eigenvalue weighted by Crippen LogP contribution is -2.50.